The summed E-state index contributed by atoms with van der Waals surface area (Å²) in [7, 11) is 1.63. The highest BCUT2D eigenvalue weighted by Crippen LogP contribution is 2.49. The van der Waals surface area contributed by atoms with Crippen LogP contribution in [0, 0.1) is 11.6 Å². The van der Waals surface area contributed by atoms with Crippen LogP contribution in [0.3, 0.4) is 0 Å². The number of benzene rings is 3. The first-order valence-corrected chi connectivity index (χ1v) is 21.3. The van der Waals surface area contributed by atoms with E-state index in [1.54, 1.807) is 11.9 Å². The smallest absolute Gasteiger partial charge is 0.408 e. The third kappa shape index (κ3) is 10.00. The lowest BCUT2D eigenvalue weighted by Gasteiger charge is -2.42. The minimum absolute atomic E-state index is 0.0410. The van der Waals surface area contributed by atoms with Crippen LogP contribution >= 0.6 is 0 Å². The molecule has 1 fully saturated rings. The van der Waals surface area contributed by atoms with Gasteiger partial charge in [-0.3, -0.25) is 33.6 Å². The molecule has 8 rings (SSSR count). The number of carbonyl (C=O) groups excluding carboxylic acids is 5. The van der Waals surface area contributed by atoms with E-state index >= 15 is 4.39 Å². The maximum absolute atomic E-state index is 15.4. The van der Waals surface area contributed by atoms with Crippen molar-refractivity contribution in [2.24, 2.45) is 7.05 Å². The van der Waals surface area contributed by atoms with E-state index in [-0.39, 0.29) is 59.4 Å². The second-order valence-electron chi connectivity index (χ2n) is 16.1. The number of carboxylic acid groups (broad SMARTS) is 1. The van der Waals surface area contributed by atoms with Gasteiger partial charge < -0.3 is 55.5 Å². The predicted octanol–water partition coefficient (Wildman–Crippen LogP) is -0.0622. The van der Waals surface area contributed by atoms with Crippen molar-refractivity contribution >= 4 is 57.8 Å². The summed E-state index contributed by atoms with van der Waals surface area (Å²) in [5.41, 5.74) is 0.321. The standard InChI is InChI=1S/C44H42F2N10O14/c1-54-40(48-18-50-54)33-34-32-24(41(64)53-52-34)15-23(46)16-26(32)56(35(33)21-3-5-22(45)6-4-21)19-49-44(67)68-17-20-2-7-27(69-43-38(63)36(61)37(62)39(70-43)42(65)66)25(14-20)51-29(58)10-12-47-28(57)11-13-55-30(59)8-9-31(55)60/h2-9,14-16,18,33,35-39,43,61-63H,10-13,17,19H2,1H3,(H,47,57)(H,49,67)(H,51,58)(H,53,64)(H,65,66)/t33-,35+,36?,37-,38+,39-,43+/m0/s1. The zero-order chi connectivity index (χ0) is 50.0. The molecule has 26 heteroatoms. The first-order valence-electron chi connectivity index (χ1n) is 21.3. The number of aryl methyl sites for hydroxylation is 1. The normalized spacial score (nSPS) is 21.7. The number of alkyl carbamates (subject to hydrolysis) is 1. The minimum Gasteiger partial charge on any atom is -0.479 e. The molecule has 7 atom stereocenters. The molecule has 0 radical (unpaired) electrons. The number of hydrogen-bond acceptors (Lipinski definition) is 17. The number of halogens is 2. The Morgan fingerprint density at radius 2 is 1.63 bits per heavy atom. The number of carbonyl (C=O) groups is 6. The van der Waals surface area contributed by atoms with Crippen LogP contribution in [0.2, 0.25) is 0 Å². The zero-order valence-electron chi connectivity index (χ0n) is 36.5. The van der Waals surface area contributed by atoms with Gasteiger partial charge in [0.1, 0.15) is 54.5 Å². The molecule has 3 aromatic carbocycles. The number of aliphatic carboxylic acids is 1. The van der Waals surface area contributed by atoms with E-state index in [0.717, 1.165) is 23.1 Å². The van der Waals surface area contributed by atoms with Crippen molar-refractivity contribution in [3.05, 3.63) is 118 Å². The monoisotopic (exact) mass is 972 g/mol. The molecule has 70 heavy (non-hydrogen) atoms. The van der Waals surface area contributed by atoms with Crippen LogP contribution in [-0.2, 0) is 47.1 Å². The fourth-order valence-corrected chi connectivity index (χ4v) is 8.24. The van der Waals surface area contributed by atoms with Crippen LogP contribution in [0.4, 0.5) is 25.0 Å². The molecule has 366 valence electrons. The molecular formula is C44H42F2N10O14. The summed E-state index contributed by atoms with van der Waals surface area (Å²) in [5.74, 6) is -6.16. The molecule has 24 nitrogen and oxygen atoms in total. The number of rotatable bonds is 16. The Bertz CT molecular complexity index is 2950. The topological polar surface area (TPSA) is 330 Å². The fraction of sp³-hybridized carbons (Fsp3) is 0.318. The summed E-state index contributed by atoms with van der Waals surface area (Å²) in [4.78, 5) is 94.5. The molecule has 3 aliphatic heterocycles. The number of H-pyrrole nitrogens is 1. The predicted molar refractivity (Wildman–Crippen MR) is 233 cm³/mol. The Morgan fingerprint density at radius 3 is 2.33 bits per heavy atom. The van der Waals surface area contributed by atoms with Crippen molar-refractivity contribution in [2.75, 3.05) is 30.0 Å². The van der Waals surface area contributed by atoms with Crippen LogP contribution < -0.4 is 31.1 Å². The third-order valence-electron chi connectivity index (χ3n) is 11.6. The Morgan fingerprint density at radius 1 is 0.886 bits per heavy atom. The van der Waals surface area contributed by atoms with E-state index in [1.807, 2.05) is 0 Å². The number of nitrogens with zero attached hydrogens (tertiary/aromatic N) is 6. The van der Waals surface area contributed by atoms with Gasteiger partial charge in [0.15, 0.2) is 6.10 Å². The number of amides is 5. The Balaban J connectivity index is 1.00. The highest BCUT2D eigenvalue weighted by Gasteiger charge is 2.48. The summed E-state index contributed by atoms with van der Waals surface area (Å²) in [6.07, 6.45) is -8.11. The van der Waals surface area contributed by atoms with E-state index in [2.05, 4.69) is 36.2 Å². The van der Waals surface area contributed by atoms with Gasteiger partial charge in [0.2, 0.25) is 18.1 Å². The van der Waals surface area contributed by atoms with E-state index in [4.69, 9.17) is 14.2 Å². The number of aromatic nitrogens is 5. The molecule has 1 saturated heterocycles. The molecular weight excluding hydrogens is 931 g/mol. The number of ether oxygens (including phenoxy) is 3. The number of aliphatic hydroxyl groups excluding tert-OH is 3. The van der Waals surface area contributed by atoms with Crippen molar-refractivity contribution in [3.63, 3.8) is 0 Å². The van der Waals surface area contributed by atoms with Crippen molar-refractivity contribution < 1.29 is 72.2 Å². The Kier molecular flexibility index (Phi) is 13.9. The van der Waals surface area contributed by atoms with Crippen molar-refractivity contribution in [1.29, 1.82) is 0 Å². The number of aliphatic hydroxyl groups is 3. The molecule has 0 aliphatic carbocycles. The lowest BCUT2D eigenvalue weighted by molar-refractivity contribution is -0.271. The first-order chi connectivity index (χ1) is 33.5. The van der Waals surface area contributed by atoms with Gasteiger partial charge in [0.05, 0.1) is 41.1 Å². The lowest BCUT2D eigenvalue weighted by atomic mass is 9.82. The number of aromatic amines is 1. The second kappa shape index (κ2) is 20.2. The van der Waals surface area contributed by atoms with Gasteiger partial charge in [0.25, 0.3) is 17.4 Å². The van der Waals surface area contributed by atoms with Crippen LogP contribution in [-0.4, -0.2) is 136 Å². The molecule has 2 aromatic heterocycles. The zero-order valence-corrected chi connectivity index (χ0v) is 36.5. The molecule has 3 aliphatic rings. The molecule has 5 heterocycles. The van der Waals surface area contributed by atoms with Crippen LogP contribution in [0.5, 0.6) is 5.75 Å². The van der Waals surface area contributed by atoms with Gasteiger partial charge in [-0.15, -0.1) is 0 Å². The molecule has 0 saturated carbocycles. The van der Waals surface area contributed by atoms with Gasteiger partial charge >= 0.3 is 12.1 Å². The van der Waals surface area contributed by atoms with Crippen LogP contribution in [0.1, 0.15) is 47.4 Å². The average molecular weight is 973 g/mol. The molecule has 0 spiro atoms. The maximum atomic E-state index is 15.4. The highest BCUT2D eigenvalue weighted by atomic mass is 19.1. The van der Waals surface area contributed by atoms with Crippen LogP contribution in [0.15, 0.2) is 77.9 Å². The van der Waals surface area contributed by atoms with Gasteiger partial charge in [-0.05, 0) is 47.5 Å². The molecule has 8 N–H and O–H groups in total. The number of carboxylic acids is 1. The Labute approximate surface area is 392 Å². The van der Waals surface area contributed by atoms with Gasteiger partial charge in [0, 0.05) is 50.5 Å². The number of imide groups is 1. The van der Waals surface area contributed by atoms with Crippen molar-refractivity contribution in [1.82, 2.24) is 40.5 Å². The summed E-state index contributed by atoms with van der Waals surface area (Å²) >= 11 is 0. The highest BCUT2D eigenvalue weighted by molar-refractivity contribution is 6.13. The molecule has 1 unspecified atom stereocenters. The van der Waals surface area contributed by atoms with Crippen LogP contribution in [0.25, 0.3) is 10.8 Å². The minimum atomic E-state index is -2.03. The SMILES string of the molecule is Cn1ncnc1[C@H]1c2n[nH]c(=O)c3cc(F)cc(c23)N(CNC(=O)OCc2ccc(O[C@@H]3O[C@H](C(=O)O)[C@@H](O)C(O)[C@H]3O)c(NC(=O)CCNC(=O)CCN3C(=O)C=CC3=O)c2)[C@@H]1c1ccc(F)cc1. The third-order valence-corrected chi connectivity index (χ3v) is 11.6. The average Bonchev–Trinajstić information content (AvgIpc) is 3.90. The van der Waals surface area contributed by atoms with Crippen molar-refractivity contribution in [3.8, 4) is 5.75 Å². The number of hydrogen-bond donors (Lipinski definition) is 8. The molecule has 5 aromatic rings. The summed E-state index contributed by atoms with van der Waals surface area (Å²) in [6.45, 7) is -1.27. The summed E-state index contributed by atoms with van der Waals surface area (Å²) in [6, 6.07) is 10.7. The largest absolute Gasteiger partial charge is 0.479 e. The van der Waals surface area contributed by atoms with E-state index in [1.165, 1.54) is 59.5 Å². The van der Waals surface area contributed by atoms with E-state index < -0.39 is 109 Å². The Hall–Kier alpha value is -8.20. The fourth-order valence-electron chi connectivity index (χ4n) is 8.24. The summed E-state index contributed by atoms with van der Waals surface area (Å²) < 4.78 is 47.7. The maximum Gasteiger partial charge on any atom is 0.408 e. The number of nitrogens with one attached hydrogen (secondary N) is 4. The van der Waals surface area contributed by atoms with E-state index in [9.17, 15) is 58.4 Å². The molecule has 0 bridgehead atoms. The van der Waals surface area contributed by atoms with Gasteiger partial charge in [-0.2, -0.15) is 10.2 Å². The second-order valence-corrected chi connectivity index (χ2v) is 16.1. The van der Waals surface area contributed by atoms with Crippen molar-refractivity contribution in [2.45, 2.75) is 62.1 Å². The van der Waals surface area contributed by atoms with E-state index in [0.29, 0.717) is 17.1 Å². The van der Waals surface area contributed by atoms with Gasteiger partial charge in [-0.1, -0.05) is 18.2 Å². The summed E-state index contributed by atoms with van der Waals surface area (Å²) in [5, 5.41) is 59.6. The lowest BCUT2D eigenvalue weighted by Crippen LogP contribution is -2.61. The quantitative estimate of drug-likeness (QED) is 0.0601. The number of anilines is 2. The first kappa shape index (κ1) is 48.3. The molecule has 5 amide bonds. The van der Waals surface area contributed by atoms with Gasteiger partial charge in [-0.25, -0.2) is 28.5 Å².